The lowest BCUT2D eigenvalue weighted by Gasteiger charge is -2.43. The Labute approximate surface area is 246 Å². The second-order valence-electron chi connectivity index (χ2n) is 7.37. The van der Waals surface area contributed by atoms with Gasteiger partial charge in [-0.05, 0) is 6.92 Å². The first kappa shape index (κ1) is 51.2. The topological polar surface area (TPSA) is 124 Å². The first-order chi connectivity index (χ1) is 19.9. The van der Waals surface area contributed by atoms with Crippen LogP contribution in [0, 0.1) is 0 Å². The summed E-state index contributed by atoms with van der Waals surface area (Å²) >= 11 is 0. The molecular weight excluding hydrogens is 767 g/mol. The van der Waals surface area contributed by atoms with Gasteiger partial charge in [-0.25, -0.2) is 30.0 Å². The van der Waals surface area contributed by atoms with Crippen molar-refractivity contribution >= 4 is 20.2 Å². The molecule has 0 atom stereocenters. The average molecular weight is 786 g/mol. The Morgan fingerprint density at radius 2 is 0.826 bits per heavy atom. The molecule has 0 aliphatic rings. The number of ether oxygens (including phenoxy) is 1. The zero-order valence-corrected chi connectivity index (χ0v) is 23.4. The molecule has 0 fully saturated rings. The van der Waals surface area contributed by atoms with Gasteiger partial charge in [0, 0.05) is 0 Å². The molecule has 30 heteroatoms. The lowest BCUT2D eigenvalue weighted by molar-refractivity contribution is -0.474. The van der Waals surface area contributed by atoms with Gasteiger partial charge in [0.1, 0.15) is 6.17 Å². The van der Waals surface area contributed by atoms with Crippen molar-refractivity contribution in [3.8, 4) is 0 Å². The highest BCUT2D eigenvalue weighted by Gasteiger charge is 2.95. The molecule has 0 aliphatic carbocycles. The van der Waals surface area contributed by atoms with Gasteiger partial charge in [0.15, 0.2) is 13.5 Å². The van der Waals surface area contributed by atoms with Crippen LogP contribution in [0.15, 0.2) is 0 Å². The van der Waals surface area contributed by atoms with Gasteiger partial charge in [0.2, 0.25) is 0 Å². The number of alkyl halides is 21. The lowest BCUT2D eigenvalue weighted by Crippen LogP contribution is -2.75. The molecular formula is C16H19F21O7S2. The molecule has 0 unspecified atom stereocenters. The van der Waals surface area contributed by atoms with Gasteiger partial charge >= 0.3 is 50.4 Å². The van der Waals surface area contributed by atoms with Crippen LogP contribution in [-0.2, 0) is 25.0 Å². The van der Waals surface area contributed by atoms with Gasteiger partial charge in [0.25, 0.3) is 0 Å². The summed E-state index contributed by atoms with van der Waals surface area (Å²) in [5.74, 6) is -60.0. The van der Waals surface area contributed by atoms with Crippen molar-refractivity contribution in [1.29, 1.82) is 0 Å². The number of hydrogen-bond donors (Lipinski definition) is 0. The Hall–Kier alpha value is -1.69. The summed E-state index contributed by atoms with van der Waals surface area (Å²) in [4.78, 5) is 0. The van der Waals surface area contributed by atoms with Crippen LogP contribution < -0.4 is 0 Å². The Balaban J connectivity index is -0.000000194. The SMILES string of the molecule is CCF.CF.FCOC(F)(F)C(F)(F)C(F)(F)C(F)(F)C(F)(F)C(F)(F)C(F)(F)C(F)(F)CF.O=S(=O)([O-])CC(F)CS(=O)(=O)[O-].[H+].[H+]. The zero-order chi connectivity index (χ0) is 38.8. The standard InChI is InChI=1S/C10H4F18O.C3H7FO6S2.C2H5F.CH3F/c11-1-3(13,14)4(15,16)5(17,18)6(19,20)7(21,22)8(23,24)9(25,26)10(27,28)29-2-12;4-3(1-11(5,6)7)2-12(8,9)10;1-2-3;1-2/h1-2H2;3H,1-2H2,(H,5,6,7)(H,8,9,10);2H2,1H3;1H3. The third kappa shape index (κ3) is 11.8. The summed E-state index contributed by atoms with van der Waals surface area (Å²) in [7, 11) is -9.15. The molecule has 7 nitrogen and oxygen atoms in total. The number of rotatable bonds is 14. The Morgan fingerprint density at radius 1 is 0.587 bits per heavy atom. The molecule has 0 aliphatic heterocycles. The molecule has 0 rings (SSSR count). The summed E-state index contributed by atoms with van der Waals surface area (Å²) in [6.07, 6.45) is -9.57. The van der Waals surface area contributed by atoms with Crippen molar-refractivity contribution in [2.45, 2.75) is 60.7 Å². The monoisotopic (exact) mass is 786 g/mol. The van der Waals surface area contributed by atoms with E-state index in [2.05, 4.69) is 0 Å². The van der Waals surface area contributed by atoms with Crippen LogP contribution in [-0.4, -0.2) is 119 Å². The number of halogens is 21. The summed E-state index contributed by atoms with van der Waals surface area (Å²) in [6.45, 7) is -5.90. The molecule has 284 valence electrons. The molecule has 0 radical (unpaired) electrons. The largest absolute Gasteiger partial charge is 1.00 e. The highest BCUT2D eigenvalue weighted by molar-refractivity contribution is 7.86. The quantitative estimate of drug-likeness (QED) is 0.153. The maximum Gasteiger partial charge on any atom is 1.00 e. The van der Waals surface area contributed by atoms with E-state index in [0.29, 0.717) is 7.18 Å². The van der Waals surface area contributed by atoms with Crippen LogP contribution >= 0.6 is 0 Å². The zero-order valence-electron chi connectivity index (χ0n) is 23.7. The van der Waals surface area contributed by atoms with Crippen molar-refractivity contribution in [3.63, 3.8) is 0 Å². The number of hydrogen-bond acceptors (Lipinski definition) is 7. The summed E-state index contributed by atoms with van der Waals surface area (Å²) < 4.78 is 323. The fourth-order valence-electron chi connectivity index (χ4n) is 1.94. The van der Waals surface area contributed by atoms with E-state index in [1.165, 1.54) is 6.92 Å². The van der Waals surface area contributed by atoms with Crippen molar-refractivity contribution in [1.82, 2.24) is 0 Å². The summed E-state index contributed by atoms with van der Waals surface area (Å²) in [5.41, 5.74) is 0. The molecule has 0 saturated carbocycles. The van der Waals surface area contributed by atoms with Crippen LogP contribution in [0.25, 0.3) is 0 Å². The first-order valence-corrected chi connectivity index (χ1v) is 13.3. The van der Waals surface area contributed by atoms with E-state index >= 15 is 0 Å². The van der Waals surface area contributed by atoms with Crippen LogP contribution in [0.1, 0.15) is 9.78 Å². The fourth-order valence-corrected chi connectivity index (χ4v) is 3.21. The Kier molecular flexibility index (Phi) is 19.0. The van der Waals surface area contributed by atoms with Crippen LogP contribution in [0.2, 0.25) is 0 Å². The van der Waals surface area contributed by atoms with Crippen molar-refractivity contribution in [3.05, 3.63) is 0 Å². The highest BCUT2D eigenvalue weighted by Crippen LogP contribution is 2.63. The van der Waals surface area contributed by atoms with Crippen LogP contribution in [0.5, 0.6) is 0 Å². The molecule has 0 heterocycles. The second-order valence-corrected chi connectivity index (χ2v) is 10.3. The van der Waals surface area contributed by atoms with Crippen molar-refractivity contribution in [2.75, 3.05) is 38.9 Å². The summed E-state index contributed by atoms with van der Waals surface area (Å²) in [6, 6.07) is 0. The third-order valence-corrected chi connectivity index (χ3v) is 5.51. The van der Waals surface area contributed by atoms with E-state index in [4.69, 9.17) is 0 Å². The molecule has 46 heavy (non-hydrogen) atoms. The van der Waals surface area contributed by atoms with E-state index in [1.807, 2.05) is 4.74 Å². The van der Waals surface area contributed by atoms with E-state index < -0.39 is 99.0 Å². The van der Waals surface area contributed by atoms with Gasteiger partial charge in [-0.15, -0.1) is 0 Å². The Bertz CT molecular complexity index is 1090. The molecule has 0 N–H and O–H groups in total. The van der Waals surface area contributed by atoms with E-state index in [0.717, 1.165) is 0 Å². The molecule has 0 aromatic heterocycles. The van der Waals surface area contributed by atoms with Gasteiger partial charge in [-0.3, -0.25) is 13.5 Å². The predicted molar refractivity (Wildman–Crippen MR) is 108 cm³/mol. The van der Waals surface area contributed by atoms with E-state index in [9.17, 15) is 118 Å². The van der Waals surface area contributed by atoms with E-state index in [1.54, 1.807) is 0 Å². The van der Waals surface area contributed by atoms with Gasteiger partial charge < -0.3 is 9.11 Å². The van der Waals surface area contributed by atoms with Gasteiger partial charge in [-0.1, -0.05) is 0 Å². The van der Waals surface area contributed by atoms with Crippen molar-refractivity contribution < 1.29 is 126 Å². The van der Waals surface area contributed by atoms with Gasteiger partial charge in [0.05, 0.1) is 45.6 Å². The maximum absolute atomic E-state index is 13.1. The molecule has 0 bridgehead atoms. The average Bonchev–Trinajstić information content (AvgIpc) is 2.82. The maximum atomic E-state index is 13.1. The minimum atomic E-state index is -8.65. The smallest absolute Gasteiger partial charge is 0.748 e. The predicted octanol–water partition coefficient (Wildman–Crippen LogP) is 6.14. The molecule has 0 aromatic rings. The molecule has 0 saturated heterocycles. The van der Waals surface area contributed by atoms with Crippen LogP contribution in [0.4, 0.5) is 92.2 Å². The Morgan fingerprint density at radius 3 is 1.04 bits per heavy atom. The minimum absolute atomic E-state index is 0. The van der Waals surface area contributed by atoms with E-state index in [-0.39, 0.29) is 9.53 Å². The molecule has 0 amide bonds. The lowest BCUT2D eigenvalue weighted by atomic mass is 9.89. The fraction of sp³-hybridized carbons (Fsp3) is 1.00. The van der Waals surface area contributed by atoms with Crippen molar-refractivity contribution in [2.24, 2.45) is 0 Å². The minimum Gasteiger partial charge on any atom is -0.748 e. The van der Waals surface area contributed by atoms with Crippen LogP contribution in [0.3, 0.4) is 0 Å². The first-order valence-electron chi connectivity index (χ1n) is 10.1. The van der Waals surface area contributed by atoms with Gasteiger partial charge in [-0.2, -0.15) is 70.2 Å². The highest BCUT2D eigenvalue weighted by atomic mass is 32.2. The molecule has 0 spiro atoms. The normalized spacial score (nSPS) is 14.4. The summed E-state index contributed by atoms with van der Waals surface area (Å²) in [5, 5.41) is 0. The molecule has 0 aromatic carbocycles. The second kappa shape index (κ2) is 17.1. The third-order valence-electron chi connectivity index (χ3n) is 3.97.